The number of halogens is 1. The number of fused-ring (bicyclic) bond motifs is 1. The SMILES string of the molecule is Cc1ccc2cc(-c3noc(C)n3)c(Cl)nc2c1. The van der Waals surface area contributed by atoms with Gasteiger partial charge in [0.15, 0.2) is 0 Å². The molecular weight excluding hydrogens is 250 g/mol. The normalized spacial score (nSPS) is 11.1. The average molecular weight is 260 g/mol. The molecule has 3 aromatic rings. The first-order chi connectivity index (χ1) is 8.63. The lowest BCUT2D eigenvalue weighted by atomic mass is 10.1. The summed E-state index contributed by atoms with van der Waals surface area (Å²) in [5.41, 5.74) is 2.70. The maximum atomic E-state index is 6.17. The van der Waals surface area contributed by atoms with Crippen molar-refractivity contribution in [3.8, 4) is 11.4 Å². The van der Waals surface area contributed by atoms with E-state index in [9.17, 15) is 0 Å². The van der Waals surface area contributed by atoms with E-state index in [0.717, 1.165) is 16.5 Å². The topological polar surface area (TPSA) is 51.8 Å². The Hall–Kier alpha value is -1.94. The monoisotopic (exact) mass is 259 g/mol. The third kappa shape index (κ3) is 1.84. The van der Waals surface area contributed by atoms with Gasteiger partial charge in [-0.05, 0) is 24.6 Å². The highest BCUT2D eigenvalue weighted by Gasteiger charge is 2.12. The molecule has 2 aromatic heterocycles. The zero-order chi connectivity index (χ0) is 12.7. The molecule has 0 aliphatic heterocycles. The number of aryl methyl sites for hydroxylation is 2. The highest BCUT2D eigenvalue weighted by Crippen LogP contribution is 2.28. The Labute approximate surface area is 109 Å². The fourth-order valence-electron chi connectivity index (χ4n) is 1.82. The van der Waals surface area contributed by atoms with Crippen molar-refractivity contribution in [3.63, 3.8) is 0 Å². The Kier molecular flexibility index (Phi) is 2.52. The second-order valence-electron chi connectivity index (χ2n) is 4.16. The molecule has 90 valence electrons. The molecule has 0 bridgehead atoms. The Bertz CT molecular complexity index is 736. The molecule has 18 heavy (non-hydrogen) atoms. The molecule has 5 heteroatoms. The van der Waals surface area contributed by atoms with E-state index in [2.05, 4.69) is 15.1 Å². The van der Waals surface area contributed by atoms with Crippen LogP contribution >= 0.6 is 11.6 Å². The van der Waals surface area contributed by atoms with Crippen molar-refractivity contribution in [3.05, 3.63) is 40.9 Å². The lowest BCUT2D eigenvalue weighted by Gasteiger charge is -2.03. The average Bonchev–Trinajstić information content (AvgIpc) is 2.74. The molecule has 3 rings (SSSR count). The molecule has 4 nitrogen and oxygen atoms in total. The fraction of sp³-hybridized carbons (Fsp3) is 0.154. The van der Waals surface area contributed by atoms with Crippen molar-refractivity contribution in [1.29, 1.82) is 0 Å². The van der Waals surface area contributed by atoms with E-state index in [4.69, 9.17) is 16.1 Å². The summed E-state index contributed by atoms with van der Waals surface area (Å²) in [5.74, 6) is 0.970. The van der Waals surface area contributed by atoms with Crippen LogP contribution < -0.4 is 0 Å². The van der Waals surface area contributed by atoms with Gasteiger partial charge in [-0.2, -0.15) is 4.98 Å². The number of benzene rings is 1. The highest BCUT2D eigenvalue weighted by atomic mass is 35.5. The summed E-state index contributed by atoms with van der Waals surface area (Å²) in [6, 6.07) is 7.95. The molecule has 0 radical (unpaired) electrons. The van der Waals surface area contributed by atoms with Crippen LogP contribution in [-0.2, 0) is 0 Å². The molecule has 0 spiro atoms. The molecule has 1 aromatic carbocycles. The minimum atomic E-state index is 0.383. The molecule has 2 heterocycles. The number of rotatable bonds is 1. The van der Waals surface area contributed by atoms with Crippen molar-refractivity contribution in [2.24, 2.45) is 0 Å². The van der Waals surface area contributed by atoms with Crippen LogP contribution in [0, 0.1) is 13.8 Å². The highest BCUT2D eigenvalue weighted by molar-refractivity contribution is 6.32. The first kappa shape index (κ1) is 11.2. The molecular formula is C13H10ClN3O. The Morgan fingerprint density at radius 3 is 2.67 bits per heavy atom. The molecule has 0 N–H and O–H groups in total. The number of aromatic nitrogens is 3. The second kappa shape index (κ2) is 4.07. The fourth-order valence-corrected chi connectivity index (χ4v) is 2.05. The van der Waals surface area contributed by atoms with Gasteiger partial charge in [0.25, 0.3) is 0 Å². The number of nitrogens with zero attached hydrogens (tertiary/aromatic N) is 3. The summed E-state index contributed by atoms with van der Waals surface area (Å²) in [6.45, 7) is 3.76. The van der Waals surface area contributed by atoms with E-state index in [1.54, 1.807) is 6.92 Å². The van der Waals surface area contributed by atoms with Crippen molar-refractivity contribution < 1.29 is 4.52 Å². The number of hydrogen-bond acceptors (Lipinski definition) is 4. The Morgan fingerprint density at radius 1 is 1.11 bits per heavy atom. The summed E-state index contributed by atoms with van der Waals surface area (Å²) < 4.78 is 4.96. The van der Waals surface area contributed by atoms with Crippen LogP contribution in [0.4, 0.5) is 0 Å². The van der Waals surface area contributed by atoms with Crippen LogP contribution in [0.3, 0.4) is 0 Å². The van der Waals surface area contributed by atoms with Gasteiger partial charge >= 0.3 is 0 Å². The lowest BCUT2D eigenvalue weighted by Crippen LogP contribution is -1.88. The van der Waals surface area contributed by atoms with Crippen LogP contribution in [0.5, 0.6) is 0 Å². The van der Waals surface area contributed by atoms with Gasteiger partial charge in [-0.15, -0.1) is 0 Å². The van der Waals surface area contributed by atoms with Crippen LogP contribution in [-0.4, -0.2) is 15.1 Å². The number of hydrogen-bond donors (Lipinski definition) is 0. The molecule has 0 amide bonds. The molecule has 0 unspecified atom stereocenters. The van der Waals surface area contributed by atoms with E-state index < -0.39 is 0 Å². The summed E-state index contributed by atoms with van der Waals surface area (Å²) in [5, 5.41) is 5.25. The molecule has 0 saturated heterocycles. The smallest absolute Gasteiger partial charge is 0.223 e. The molecule has 0 aliphatic rings. The summed E-state index contributed by atoms with van der Waals surface area (Å²) >= 11 is 6.17. The van der Waals surface area contributed by atoms with Crippen LogP contribution in [0.25, 0.3) is 22.3 Å². The van der Waals surface area contributed by atoms with Crippen molar-refractivity contribution in [1.82, 2.24) is 15.1 Å². The van der Waals surface area contributed by atoms with Crippen molar-refractivity contribution in [2.75, 3.05) is 0 Å². The summed E-state index contributed by atoms with van der Waals surface area (Å²) in [6.07, 6.45) is 0. The minimum absolute atomic E-state index is 0.383. The van der Waals surface area contributed by atoms with E-state index >= 15 is 0 Å². The van der Waals surface area contributed by atoms with Crippen molar-refractivity contribution in [2.45, 2.75) is 13.8 Å². The van der Waals surface area contributed by atoms with E-state index in [0.29, 0.717) is 22.4 Å². The van der Waals surface area contributed by atoms with Crippen LogP contribution in [0.15, 0.2) is 28.8 Å². The molecule has 0 fully saturated rings. The van der Waals surface area contributed by atoms with Gasteiger partial charge < -0.3 is 4.52 Å². The summed E-state index contributed by atoms with van der Waals surface area (Å²) in [7, 11) is 0. The quantitative estimate of drug-likeness (QED) is 0.627. The van der Waals surface area contributed by atoms with Crippen LogP contribution in [0.2, 0.25) is 5.15 Å². The zero-order valence-corrected chi connectivity index (χ0v) is 10.7. The van der Waals surface area contributed by atoms with Crippen molar-refractivity contribution >= 4 is 22.5 Å². The van der Waals surface area contributed by atoms with Gasteiger partial charge in [-0.1, -0.05) is 28.9 Å². The molecule has 0 atom stereocenters. The third-order valence-electron chi connectivity index (χ3n) is 2.70. The summed E-state index contributed by atoms with van der Waals surface area (Å²) in [4.78, 5) is 8.53. The standard InChI is InChI=1S/C13H10ClN3O/c1-7-3-4-9-6-10(12(14)16-11(9)5-7)13-15-8(2)18-17-13/h3-6H,1-2H3. The van der Waals surface area contributed by atoms with E-state index in [-0.39, 0.29) is 0 Å². The van der Waals surface area contributed by atoms with E-state index in [1.165, 1.54) is 0 Å². The van der Waals surface area contributed by atoms with Gasteiger partial charge in [0.2, 0.25) is 11.7 Å². The van der Waals surface area contributed by atoms with Gasteiger partial charge in [0.05, 0.1) is 11.1 Å². The third-order valence-corrected chi connectivity index (χ3v) is 2.98. The maximum absolute atomic E-state index is 6.17. The van der Waals surface area contributed by atoms with Gasteiger partial charge in [0.1, 0.15) is 5.15 Å². The predicted octanol–water partition coefficient (Wildman–Crippen LogP) is 3.56. The second-order valence-corrected chi connectivity index (χ2v) is 4.52. The van der Waals surface area contributed by atoms with Gasteiger partial charge in [-0.25, -0.2) is 4.98 Å². The lowest BCUT2D eigenvalue weighted by molar-refractivity contribution is 0.394. The number of pyridine rings is 1. The van der Waals surface area contributed by atoms with E-state index in [1.807, 2.05) is 31.2 Å². The maximum Gasteiger partial charge on any atom is 0.223 e. The zero-order valence-electron chi connectivity index (χ0n) is 9.94. The minimum Gasteiger partial charge on any atom is -0.339 e. The first-order valence-electron chi connectivity index (χ1n) is 5.51. The molecule has 0 aliphatic carbocycles. The van der Waals surface area contributed by atoms with Gasteiger partial charge in [-0.3, -0.25) is 0 Å². The Morgan fingerprint density at radius 2 is 1.94 bits per heavy atom. The predicted molar refractivity (Wildman–Crippen MR) is 69.5 cm³/mol. The molecule has 0 saturated carbocycles. The largest absolute Gasteiger partial charge is 0.339 e. The first-order valence-corrected chi connectivity index (χ1v) is 5.89. The van der Waals surface area contributed by atoms with Gasteiger partial charge in [0, 0.05) is 12.3 Å². The van der Waals surface area contributed by atoms with Crippen LogP contribution in [0.1, 0.15) is 11.5 Å². The Balaban J connectivity index is 2.24.